The lowest BCUT2D eigenvalue weighted by Gasteiger charge is -2.10. The van der Waals surface area contributed by atoms with Gasteiger partial charge in [-0.1, -0.05) is 54.6 Å². The lowest BCUT2D eigenvalue weighted by atomic mass is 9.98. The number of carbonyl (C=O) groups is 1. The minimum absolute atomic E-state index is 0.175. The molecule has 0 fully saturated rings. The molecule has 208 valence electrons. The maximum atomic E-state index is 13.1. The number of ether oxygens (including phenoxy) is 3. The number of aromatic amines is 1. The van der Waals surface area contributed by atoms with Gasteiger partial charge in [-0.15, -0.1) is 0 Å². The second-order valence-electron chi connectivity index (χ2n) is 9.54. The molecule has 0 atom stereocenters. The molecule has 0 aliphatic carbocycles. The molecule has 5 aromatic rings. The van der Waals surface area contributed by atoms with Crippen molar-refractivity contribution in [1.29, 1.82) is 0 Å². The topological polar surface area (TPSA) is 98.6 Å². The number of benzene rings is 3. The van der Waals surface area contributed by atoms with Crippen molar-refractivity contribution in [1.82, 2.24) is 14.8 Å². The summed E-state index contributed by atoms with van der Waals surface area (Å²) in [5.41, 5.74) is 5.21. The number of para-hydroxylation sites is 1. The van der Waals surface area contributed by atoms with E-state index in [4.69, 9.17) is 14.2 Å². The van der Waals surface area contributed by atoms with E-state index in [0.29, 0.717) is 44.1 Å². The standard InChI is InChI=1S/C32H35N3O5/c1-4-38-20-26-29(27(19-36)35(3)34-26)25-15-9-14-23-24(31(33-30(23)25)32(37)39-5-2)16-10-18-40-28-17-8-12-21-11-6-7-13-22(21)28/h6-9,11-15,17,33,36H,4-5,10,16,18-20H2,1-3H3. The van der Waals surface area contributed by atoms with Gasteiger partial charge in [0.1, 0.15) is 11.4 Å². The second-order valence-corrected chi connectivity index (χ2v) is 9.54. The number of rotatable bonds is 12. The van der Waals surface area contributed by atoms with Gasteiger partial charge in [-0.3, -0.25) is 4.68 Å². The molecule has 0 aliphatic heterocycles. The molecule has 3 aromatic carbocycles. The van der Waals surface area contributed by atoms with Crippen LogP contribution in [0.1, 0.15) is 47.7 Å². The highest BCUT2D eigenvalue weighted by molar-refractivity contribution is 6.04. The number of hydrogen-bond donors (Lipinski definition) is 2. The van der Waals surface area contributed by atoms with Crippen molar-refractivity contribution in [2.45, 2.75) is 39.9 Å². The molecule has 2 N–H and O–H groups in total. The molecule has 2 heterocycles. The number of H-pyrrole nitrogens is 1. The monoisotopic (exact) mass is 541 g/mol. The highest BCUT2D eigenvalue weighted by atomic mass is 16.5. The van der Waals surface area contributed by atoms with Crippen LogP contribution >= 0.6 is 0 Å². The first-order valence-electron chi connectivity index (χ1n) is 13.7. The lowest BCUT2D eigenvalue weighted by molar-refractivity contribution is 0.0519. The Morgan fingerprint density at radius 1 is 1.00 bits per heavy atom. The van der Waals surface area contributed by atoms with Crippen molar-refractivity contribution in [2.75, 3.05) is 19.8 Å². The average Bonchev–Trinajstić information content (AvgIpc) is 3.51. The van der Waals surface area contributed by atoms with E-state index in [1.165, 1.54) is 0 Å². The van der Waals surface area contributed by atoms with Gasteiger partial charge in [-0.2, -0.15) is 5.10 Å². The van der Waals surface area contributed by atoms with Gasteiger partial charge >= 0.3 is 5.97 Å². The largest absolute Gasteiger partial charge is 0.493 e. The Balaban J connectivity index is 1.49. The molecule has 0 unspecified atom stereocenters. The number of nitrogens with one attached hydrogen (secondary N) is 1. The summed E-state index contributed by atoms with van der Waals surface area (Å²) < 4.78 is 19.0. The molecule has 0 spiro atoms. The smallest absolute Gasteiger partial charge is 0.355 e. The predicted octanol–water partition coefficient (Wildman–Crippen LogP) is 5.94. The summed E-state index contributed by atoms with van der Waals surface area (Å²) in [7, 11) is 1.81. The van der Waals surface area contributed by atoms with Crippen LogP contribution in [-0.2, 0) is 36.2 Å². The quantitative estimate of drug-likeness (QED) is 0.150. The summed E-state index contributed by atoms with van der Waals surface area (Å²) in [5.74, 6) is 0.456. The maximum Gasteiger partial charge on any atom is 0.355 e. The maximum absolute atomic E-state index is 13.1. The van der Waals surface area contributed by atoms with Crippen LogP contribution in [0.5, 0.6) is 5.75 Å². The molecular weight excluding hydrogens is 506 g/mol. The Kier molecular flexibility index (Phi) is 8.48. The third-order valence-electron chi connectivity index (χ3n) is 7.10. The van der Waals surface area contributed by atoms with Crippen molar-refractivity contribution in [2.24, 2.45) is 7.05 Å². The van der Waals surface area contributed by atoms with E-state index >= 15 is 0 Å². The molecule has 0 radical (unpaired) electrons. The van der Waals surface area contributed by atoms with Crippen molar-refractivity contribution in [3.05, 3.63) is 83.3 Å². The van der Waals surface area contributed by atoms with E-state index < -0.39 is 5.97 Å². The van der Waals surface area contributed by atoms with Crippen molar-refractivity contribution < 1.29 is 24.1 Å². The molecule has 8 heteroatoms. The predicted molar refractivity (Wildman–Crippen MR) is 155 cm³/mol. The zero-order chi connectivity index (χ0) is 28.1. The van der Waals surface area contributed by atoms with Crippen LogP contribution in [-0.4, -0.2) is 45.7 Å². The number of carbonyl (C=O) groups excluding carboxylic acids is 1. The molecule has 0 saturated carbocycles. The molecular formula is C32H35N3O5. The Hall–Kier alpha value is -4.14. The first-order valence-corrected chi connectivity index (χ1v) is 13.7. The minimum Gasteiger partial charge on any atom is -0.493 e. The van der Waals surface area contributed by atoms with Crippen molar-refractivity contribution >= 4 is 27.6 Å². The van der Waals surface area contributed by atoms with Crippen LogP contribution in [0.25, 0.3) is 32.8 Å². The Bertz CT molecular complexity index is 1630. The van der Waals surface area contributed by atoms with Gasteiger partial charge in [0.05, 0.1) is 43.3 Å². The van der Waals surface area contributed by atoms with Gasteiger partial charge < -0.3 is 24.3 Å². The Labute approximate surface area is 233 Å². The van der Waals surface area contributed by atoms with Gasteiger partial charge in [0.15, 0.2) is 0 Å². The van der Waals surface area contributed by atoms with Crippen LogP contribution in [0.2, 0.25) is 0 Å². The molecule has 0 bridgehead atoms. The Morgan fingerprint density at radius 3 is 2.58 bits per heavy atom. The summed E-state index contributed by atoms with van der Waals surface area (Å²) in [6.45, 7) is 5.20. The van der Waals surface area contributed by atoms with E-state index in [0.717, 1.165) is 49.8 Å². The minimum atomic E-state index is -0.391. The first kappa shape index (κ1) is 27.4. The van der Waals surface area contributed by atoms with E-state index in [1.807, 2.05) is 56.4 Å². The number of nitrogens with zero attached hydrogens (tertiary/aromatic N) is 2. The van der Waals surface area contributed by atoms with E-state index in [2.05, 4.69) is 28.3 Å². The number of fused-ring (bicyclic) bond motifs is 2. The van der Waals surface area contributed by atoms with Gasteiger partial charge in [-0.05, 0) is 43.7 Å². The van der Waals surface area contributed by atoms with Crippen LogP contribution in [0.3, 0.4) is 0 Å². The second kappa shape index (κ2) is 12.4. The van der Waals surface area contributed by atoms with E-state index in [9.17, 15) is 9.90 Å². The molecule has 5 rings (SSSR count). The van der Waals surface area contributed by atoms with Crippen LogP contribution in [0.15, 0.2) is 60.7 Å². The van der Waals surface area contributed by atoms with Gasteiger partial charge in [0.25, 0.3) is 0 Å². The number of aryl methyl sites for hydroxylation is 2. The van der Waals surface area contributed by atoms with Gasteiger partial charge in [0.2, 0.25) is 0 Å². The summed E-state index contributed by atoms with van der Waals surface area (Å²) in [4.78, 5) is 16.4. The molecule has 8 nitrogen and oxygen atoms in total. The number of esters is 1. The molecule has 0 amide bonds. The highest BCUT2D eigenvalue weighted by Gasteiger charge is 2.24. The highest BCUT2D eigenvalue weighted by Crippen LogP contribution is 2.36. The Morgan fingerprint density at radius 2 is 1.77 bits per heavy atom. The normalized spacial score (nSPS) is 11.4. The number of hydrogen-bond acceptors (Lipinski definition) is 6. The first-order chi connectivity index (χ1) is 19.6. The fraction of sp³-hybridized carbons (Fsp3) is 0.312. The van der Waals surface area contributed by atoms with Gasteiger partial charge in [0, 0.05) is 35.6 Å². The molecule has 0 aliphatic rings. The fourth-order valence-electron chi connectivity index (χ4n) is 5.28. The van der Waals surface area contributed by atoms with Gasteiger partial charge in [-0.25, -0.2) is 4.79 Å². The third-order valence-corrected chi connectivity index (χ3v) is 7.10. The molecule has 2 aromatic heterocycles. The molecule has 40 heavy (non-hydrogen) atoms. The number of aliphatic hydroxyl groups is 1. The zero-order valence-electron chi connectivity index (χ0n) is 23.2. The SMILES string of the molecule is CCOCc1nn(C)c(CO)c1-c1cccc2c(CCCOc3cccc4ccccc34)c(C(=O)OCC)[nH]c12. The fourth-order valence-corrected chi connectivity index (χ4v) is 5.28. The van der Waals surface area contributed by atoms with Crippen LogP contribution in [0, 0.1) is 0 Å². The third kappa shape index (κ3) is 5.33. The summed E-state index contributed by atoms with van der Waals surface area (Å²) in [5, 5.41) is 18.0. The summed E-state index contributed by atoms with van der Waals surface area (Å²) in [6.07, 6.45) is 1.32. The van der Waals surface area contributed by atoms with E-state index in [-0.39, 0.29) is 13.2 Å². The summed E-state index contributed by atoms with van der Waals surface area (Å²) >= 11 is 0. The average molecular weight is 542 g/mol. The van der Waals surface area contributed by atoms with Crippen LogP contribution in [0.4, 0.5) is 0 Å². The zero-order valence-corrected chi connectivity index (χ0v) is 23.2. The molecule has 0 saturated heterocycles. The van der Waals surface area contributed by atoms with Crippen LogP contribution < -0.4 is 4.74 Å². The van der Waals surface area contributed by atoms with Crippen molar-refractivity contribution in [3.8, 4) is 16.9 Å². The lowest BCUT2D eigenvalue weighted by Crippen LogP contribution is -2.09. The summed E-state index contributed by atoms with van der Waals surface area (Å²) in [6, 6.07) is 20.2. The number of aromatic nitrogens is 3. The van der Waals surface area contributed by atoms with E-state index in [1.54, 1.807) is 11.6 Å². The van der Waals surface area contributed by atoms with Crippen molar-refractivity contribution in [3.63, 3.8) is 0 Å². The number of aliphatic hydroxyl groups excluding tert-OH is 1.